The van der Waals surface area contributed by atoms with Gasteiger partial charge in [0, 0.05) is 36.1 Å². The van der Waals surface area contributed by atoms with Gasteiger partial charge in [0.2, 0.25) is 0 Å². The lowest BCUT2D eigenvalue weighted by Crippen LogP contribution is -2.34. The number of carbonyl (C=O) groups is 2. The molecule has 4 rings (SSSR count). The molecular formula is C23H21N5O4S2. The van der Waals surface area contributed by atoms with Crippen LogP contribution in [0.2, 0.25) is 0 Å². The van der Waals surface area contributed by atoms with Crippen molar-refractivity contribution in [2.24, 2.45) is 0 Å². The van der Waals surface area contributed by atoms with Gasteiger partial charge in [0.25, 0.3) is 17.5 Å². The van der Waals surface area contributed by atoms with Crippen molar-refractivity contribution < 1.29 is 14.5 Å². The van der Waals surface area contributed by atoms with Crippen molar-refractivity contribution >= 4 is 63.2 Å². The third-order valence-corrected chi connectivity index (χ3v) is 6.33. The lowest BCUT2D eigenvalue weighted by atomic mass is 10.1. The number of benzene rings is 2. The van der Waals surface area contributed by atoms with Crippen molar-refractivity contribution in [3.05, 3.63) is 80.5 Å². The second-order valence-corrected chi connectivity index (χ2v) is 8.93. The fourth-order valence-corrected chi connectivity index (χ4v) is 4.44. The third-order valence-electron chi connectivity index (χ3n) is 5.25. The molecule has 2 aromatic carbocycles. The Balaban J connectivity index is 1.36. The highest BCUT2D eigenvalue weighted by Crippen LogP contribution is 2.31. The van der Waals surface area contributed by atoms with E-state index in [4.69, 9.17) is 12.2 Å². The van der Waals surface area contributed by atoms with E-state index in [2.05, 4.69) is 16.0 Å². The highest BCUT2D eigenvalue weighted by atomic mass is 32.1. The molecule has 0 radical (unpaired) electrons. The first kappa shape index (κ1) is 23.3. The number of nitro groups is 1. The molecule has 2 heterocycles. The van der Waals surface area contributed by atoms with Crippen LogP contribution in [0.3, 0.4) is 0 Å². The molecule has 1 aromatic heterocycles. The maximum absolute atomic E-state index is 12.6. The summed E-state index contributed by atoms with van der Waals surface area (Å²) in [7, 11) is 0. The standard InChI is InChI=1S/C23H21N5O4S2/c29-21(15-5-10-18(19(14-15)28(31)32)27-11-1-2-12-27)26-23(33)25-17-8-6-16(7-9-17)24-22(30)20-4-3-13-34-20/h3-10,13-14H,1-2,11-12H2,(H,24,30)(H2,25,26,29,33). The molecule has 0 spiro atoms. The van der Waals surface area contributed by atoms with Crippen molar-refractivity contribution in [2.45, 2.75) is 12.8 Å². The maximum Gasteiger partial charge on any atom is 0.293 e. The Morgan fingerprint density at radius 3 is 2.26 bits per heavy atom. The molecule has 0 aliphatic carbocycles. The fourth-order valence-electron chi connectivity index (χ4n) is 3.61. The van der Waals surface area contributed by atoms with Gasteiger partial charge in [0.05, 0.1) is 9.80 Å². The largest absolute Gasteiger partial charge is 0.366 e. The first-order chi connectivity index (χ1) is 16.4. The molecule has 3 aromatic rings. The summed E-state index contributed by atoms with van der Waals surface area (Å²) in [5.74, 6) is -0.739. The molecule has 0 saturated carbocycles. The maximum atomic E-state index is 12.6. The van der Waals surface area contributed by atoms with Crippen molar-refractivity contribution in [3.8, 4) is 0 Å². The molecule has 1 fully saturated rings. The van der Waals surface area contributed by atoms with Crippen molar-refractivity contribution in [2.75, 3.05) is 28.6 Å². The van der Waals surface area contributed by atoms with E-state index in [9.17, 15) is 19.7 Å². The Kier molecular flexibility index (Phi) is 7.14. The number of carbonyl (C=O) groups excluding carboxylic acids is 2. The zero-order chi connectivity index (χ0) is 24.1. The number of anilines is 3. The summed E-state index contributed by atoms with van der Waals surface area (Å²) in [4.78, 5) is 38.4. The molecule has 0 atom stereocenters. The first-order valence-corrected chi connectivity index (χ1v) is 11.8. The SMILES string of the molecule is O=C(NC(=S)Nc1ccc(NC(=O)c2cccs2)cc1)c1ccc(N2CCCC2)c([N+](=O)[O-])c1. The van der Waals surface area contributed by atoms with Crippen LogP contribution in [0.1, 0.15) is 32.9 Å². The Morgan fingerprint density at radius 2 is 1.65 bits per heavy atom. The quantitative estimate of drug-likeness (QED) is 0.259. The molecule has 0 unspecified atom stereocenters. The fraction of sp³-hybridized carbons (Fsp3) is 0.174. The van der Waals surface area contributed by atoms with E-state index >= 15 is 0 Å². The molecule has 174 valence electrons. The number of hydrogen-bond donors (Lipinski definition) is 3. The third kappa shape index (κ3) is 5.56. The van der Waals surface area contributed by atoms with E-state index in [1.807, 2.05) is 16.3 Å². The normalized spacial score (nSPS) is 12.8. The zero-order valence-corrected chi connectivity index (χ0v) is 19.6. The number of amides is 2. The molecule has 3 N–H and O–H groups in total. The number of nitrogens with one attached hydrogen (secondary N) is 3. The highest BCUT2D eigenvalue weighted by Gasteiger charge is 2.24. The van der Waals surface area contributed by atoms with Crippen molar-refractivity contribution in [1.82, 2.24) is 5.32 Å². The van der Waals surface area contributed by atoms with Crippen LogP contribution in [0.15, 0.2) is 60.0 Å². The van der Waals surface area contributed by atoms with Crippen LogP contribution in [0.5, 0.6) is 0 Å². The van der Waals surface area contributed by atoms with Gasteiger partial charge in [-0.25, -0.2) is 0 Å². The van der Waals surface area contributed by atoms with Gasteiger partial charge in [0.1, 0.15) is 5.69 Å². The van der Waals surface area contributed by atoms with Gasteiger partial charge in [-0.05, 0) is 72.9 Å². The summed E-state index contributed by atoms with van der Waals surface area (Å²) in [5, 5.41) is 21.7. The van der Waals surface area contributed by atoms with Crippen LogP contribution >= 0.6 is 23.6 Å². The number of nitrogens with zero attached hydrogens (tertiary/aromatic N) is 2. The minimum Gasteiger partial charge on any atom is -0.366 e. The molecule has 9 nitrogen and oxygen atoms in total. The van der Waals surface area contributed by atoms with E-state index in [0.29, 0.717) is 21.9 Å². The van der Waals surface area contributed by atoms with Crippen LogP contribution in [0.4, 0.5) is 22.7 Å². The van der Waals surface area contributed by atoms with E-state index in [1.165, 1.54) is 17.4 Å². The van der Waals surface area contributed by atoms with Crippen LogP contribution in [-0.2, 0) is 0 Å². The topological polar surface area (TPSA) is 117 Å². The summed E-state index contributed by atoms with van der Waals surface area (Å²) >= 11 is 6.57. The molecule has 2 amide bonds. The van der Waals surface area contributed by atoms with Crippen LogP contribution in [0, 0.1) is 10.1 Å². The van der Waals surface area contributed by atoms with E-state index in [0.717, 1.165) is 25.9 Å². The summed E-state index contributed by atoms with van der Waals surface area (Å²) in [6.45, 7) is 1.52. The van der Waals surface area contributed by atoms with Crippen molar-refractivity contribution in [3.63, 3.8) is 0 Å². The van der Waals surface area contributed by atoms with Gasteiger partial charge in [-0.3, -0.25) is 25.0 Å². The monoisotopic (exact) mass is 495 g/mol. The molecule has 1 saturated heterocycles. The molecule has 11 heteroatoms. The number of thiocarbonyl (C=S) groups is 1. The lowest BCUT2D eigenvalue weighted by Gasteiger charge is -2.18. The van der Waals surface area contributed by atoms with Gasteiger partial charge in [-0.1, -0.05) is 6.07 Å². The summed E-state index contributed by atoms with van der Waals surface area (Å²) in [6, 6.07) is 14.8. The summed E-state index contributed by atoms with van der Waals surface area (Å²) in [6.07, 6.45) is 1.97. The Hall–Kier alpha value is -3.83. The summed E-state index contributed by atoms with van der Waals surface area (Å²) < 4.78 is 0. The zero-order valence-electron chi connectivity index (χ0n) is 17.9. The number of nitro benzene ring substituents is 1. The van der Waals surface area contributed by atoms with E-state index in [1.54, 1.807) is 42.5 Å². The number of thiophene rings is 1. The Bertz CT molecular complexity index is 1220. The van der Waals surface area contributed by atoms with Crippen LogP contribution in [-0.4, -0.2) is 34.9 Å². The average Bonchev–Trinajstić information content (AvgIpc) is 3.54. The minimum absolute atomic E-state index is 0.0478. The smallest absolute Gasteiger partial charge is 0.293 e. The predicted molar refractivity (Wildman–Crippen MR) is 137 cm³/mol. The lowest BCUT2D eigenvalue weighted by molar-refractivity contribution is -0.384. The molecule has 1 aliphatic rings. The Labute approximate surface area is 204 Å². The predicted octanol–water partition coefficient (Wildman–Crippen LogP) is 4.64. The first-order valence-electron chi connectivity index (χ1n) is 10.5. The molecule has 34 heavy (non-hydrogen) atoms. The molecule has 1 aliphatic heterocycles. The average molecular weight is 496 g/mol. The van der Waals surface area contributed by atoms with E-state index in [-0.39, 0.29) is 22.3 Å². The van der Waals surface area contributed by atoms with Gasteiger partial charge in [0.15, 0.2) is 5.11 Å². The van der Waals surface area contributed by atoms with Gasteiger partial charge >= 0.3 is 0 Å². The second kappa shape index (κ2) is 10.4. The van der Waals surface area contributed by atoms with Crippen molar-refractivity contribution in [1.29, 1.82) is 0 Å². The minimum atomic E-state index is -0.548. The van der Waals surface area contributed by atoms with Gasteiger partial charge < -0.3 is 15.5 Å². The molecular weight excluding hydrogens is 474 g/mol. The number of rotatable bonds is 6. The summed E-state index contributed by atoms with van der Waals surface area (Å²) in [5.41, 5.74) is 1.78. The molecule has 0 bridgehead atoms. The van der Waals surface area contributed by atoms with Gasteiger partial charge in [-0.2, -0.15) is 0 Å². The van der Waals surface area contributed by atoms with Crippen LogP contribution < -0.4 is 20.9 Å². The van der Waals surface area contributed by atoms with Gasteiger partial charge in [-0.15, -0.1) is 11.3 Å². The van der Waals surface area contributed by atoms with E-state index < -0.39 is 10.8 Å². The second-order valence-electron chi connectivity index (χ2n) is 7.57. The number of hydrogen-bond acceptors (Lipinski definition) is 7. The Morgan fingerprint density at radius 1 is 0.971 bits per heavy atom. The van der Waals surface area contributed by atoms with Crippen LogP contribution in [0.25, 0.3) is 0 Å². The highest BCUT2D eigenvalue weighted by molar-refractivity contribution is 7.80.